The van der Waals surface area contributed by atoms with Gasteiger partial charge in [-0.05, 0) is 15.3 Å². The van der Waals surface area contributed by atoms with Crippen LogP contribution in [0.4, 0.5) is 0 Å². The molecule has 13 heavy (non-hydrogen) atoms. The summed E-state index contributed by atoms with van der Waals surface area (Å²) in [5, 5.41) is 0. The van der Waals surface area contributed by atoms with Crippen molar-refractivity contribution in [2.75, 3.05) is 0 Å². The summed E-state index contributed by atoms with van der Waals surface area (Å²) in [6.07, 6.45) is 2.07. The average molecular weight is 224 g/mol. The Hall–Kier alpha value is -0.429. The van der Waals surface area contributed by atoms with Crippen LogP contribution in [0.3, 0.4) is 0 Å². The van der Waals surface area contributed by atoms with Gasteiger partial charge in [0.1, 0.15) is 9.28 Å². The molecule has 0 saturated carbocycles. The molecule has 0 aromatic heterocycles. The molecular weight excluding hydrogens is 208 g/mol. The van der Waals surface area contributed by atoms with Crippen LogP contribution in [0, 0.1) is 0 Å². The number of benzene rings is 1. The van der Waals surface area contributed by atoms with Gasteiger partial charge in [0.2, 0.25) is 0 Å². The first-order valence-corrected chi connectivity index (χ1v) is 14.9. The summed E-state index contributed by atoms with van der Waals surface area (Å²) in [5.74, 6) is 0. The lowest BCUT2D eigenvalue weighted by molar-refractivity contribution is 0.278. The maximum Gasteiger partial charge on any atom is 0.141 e. The molecule has 0 aliphatic rings. The molecule has 4 heteroatoms. The topological polar surface area (TPSA) is 9.23 Å². The fourth-order valence-corrected chi connectivity index (χ4v) is 5.60. The maximum absolute atomic E-state index is 5.84. The van der Waals surface area contributed by atoms with Crippen LogP contribution in [-0.2, 0) is 4.43 Å². The van der Waals surface area contributed by atoms with Crippen molar-refractivity contribution in [1.29, 1.82) is 0 Å². The van der Waals surface area contributed by atoms with Crippen LogP contribution in [0.5, 0.6) is 0 Å². The maximum atomic E-state index is 5.84. The first-order valence-electron chi connectivity index (χ1n) is 4.67. The van der Waals surface area contributed by atoms with Crippen LogP contribution in [0.15, 0.2) is 43.0 Å². The van der Waals surface area contributed by atoms with Crippen LogP contribution in [0.25, 0.3) is 0 Å². The fraction of sp³-hybridized carbons (Fsp3) is 0.111. The normalized spacial score (nSPS) is 14.5. The van der Waals surface area contributed by atoms with Crippen molar-refractivity contribution in [2.45, 2.75) is 6.10 Å². The highest BCUT2D eigenvalue weighted by atomic mass is 29.5. The molecule has 0 fully saturated rings. The molecule has 0 heterocycles. The van der Waals surface area contributed by atoms with Gasteiger partial charge in [-0.25, -0.2) is 0 Å². The van der Waals surface area contributed by atoms with Gasteiger partial charge in [0.05, 0.1) is 6.10 Å². The molecule has 1 aromatic carbocycles. The molecule has 0 saturated heterocycles. The van der Waals surface area contributed by atoms with E-state index in [1.807, 2.05) is 12.1 Å². The summed E-state index contributed by atoms with van der Waals surface area (Å²) in [5.41, 5.74) is 1.24. The van der Waals surface area contributed by atoms with Gasteiger partial charge in [-0.1, -0.05) is 36.4 Å². The smallest absolute Gasteiger partial charge is 0.141 e. The molecule has 1 rings (SSSR count). The fourth-order valence-electron chi connectivity index (χ4n) is 1.19. The zero-order chi connectivity index (χ0) is 9.52. The largest absolute Gasteiger partial charge is 0.418 e. The lowest BCUT2D eigenvalue weighted by Gasteiger charge is -2.13. The molecule has 1 unspecified atom stereocenters. The van der Waals surface area contributed by atoms with Crippen LogP contribution in [-0.4, -0.2) is 27.6 Å². The van der Waals surface area contributed by atoms with Gasteiger partial charge in [0.15, 0.2) is 0 Å². The SMILES string of the molecule is C=CC(O[SiH2][SiH2][SiH3])c1ccccc1. The third-order valence-electron chi connectivity index (χ3n) is 1.84. The molecule has 1 nitrogen and oxygen atoms in total. The minimum Gasteiger partial charge on any atom is -0.418 e. The monoisotopic (exact) mass is 224 g/mol. The minimum atomic E-state index is -0.151. The van der Waals surface area contributed by atoms with Gasteiger partial charge >= 0.3 is 0 Å². The Morgan fingerprint density at radius 1 is 1.38 bits per heavy atom. The van der Waals surface area contributed by atoms with Crippen molar-refractivity contribution in [2.24, 2.45) is 0 Å². The van der Waals surface area contributed by atoms with E-state index in [1.54, 1.807) is 0 Å². The second kappa shape index (κ2) is 6.09. The molecule has 70 valence electrons. The van der Waals surface area contributed by atoms with Crippen molar-refractivity contribution in [1.82, 2.24) is 0 Å². The van der Waals surface area contributed by atoms with Crippen LogP contribution < -0.4 is 0 Å². The summed E-state index contributed by atoms with van der Waals surface area (Å²) < 4.78 is 5.84. The van der Waals surface area contributed by atoms with Crippen LogP contribution in [0.2, 0.25) is 0 Å². The minimum absolute atomic E-state index is 0.151. The molecular formula is C9H16OSi3. The second-order valence-electron chi connectivity index (χ2n) is 2.94. The zero-order valence-corrected chi connectivity index (χ0v) is 12.9. The Kier molecular flexibility index (Phi) is 4.99. The molecule has 0 aliphatic carbocycles. The molecule has 0 N–H and O–H groups in total. The zero-order valence-electron chi connectivity index (χ0n) is 8.07. The quantitative estimate of drug-likeness (QED) is 0.478. The number of hydrogen-bond acceptors (Lipinski definition) is 1. The number of rotatable bonds is 5. The molecule has 0 spiro atoms. The second-order valence-corrected chi connectivity index (χ2v) is 17.9. The van der Waals surface area contributed by atoms with Gasteiger partial charge in [0, 0.05) is 8.55 Å². The van der Waals surface area contributed by atoms with Gasteiger partial charge in [-0.15, -0.1) is 6.58 Å². The van der Waals surface area contributed by atoms with E-state index in [4.69, 9.17) is 4.43 Å². The van der Waals surface area contributed by atoms with E-state index in [-0.39, 0.29) is 23.9 Å². The van der Waals surface area contributed by atoms with Crippen molar-refractivity contribution in [3.63, 3.8) is 0 Å². The molecule has 0 radical (unpaired) electrons. The van der Waals surface area contributed by atoms with E-state index < -0.39 is 0 Å². The first kappa shape index (κ1) is 10.7. The summed E-state index contributed by atoms with van der Waals surface area (Å²) in [4.78, 5) is 0. The molecule has 1 aromatic rings. The van der Waals surface area contributed by atoms with E-state index in [0.717, 1.165) is 0 Å². The molecule has 0 amide bonds. The summed E-state index contributed by atoms with van der Waals surface area (Å²) >= 11 is 0. The van der Waals surface area contributed by atoms with E-state index in [2.05, 4.69) is 30.8 Å². The standard InChI is InChI=1S/C9H16OSi3/c1-2-9(10-12-13-11)8-6-4-3-5-7-8/h2-7,9H,1,12-13H2,11H3. The van der Waals surface area contributed by atoms with Gasteiger partial charge in [-0.3, -0.25) is 0 Å². The van der Waals surface area contributed by atoms with Crippen LogP contribution in [0.1, 0.15) is 11.7 Å². The highest BCUT2D eigenvalue weighted by molar-refractivity contribution is 7.21. The van der Waals surface area contributed by atoms with Crippen molar-refractivity contribution < 1.29 is 4.43 Å². The summed E-state index contributed by atoms with van der Waals surface area (Å²) in [7, 11) is 1.51. The van der Waals surface area contributed by atoms with Crippen molar-refractivity contribution in [3.05, 3.63) is 48.6 Å². The Morgan fingerprint density at radius 3 is 2.62 bits per heavy atom. The molecule has 0 bridgehead atoms. The predicted molar refractivity (Wildman–Crippen MR) is 67.5 cm³/mol. The van der Waals surface area contributed by atoms with E-state index in [9.17, 15) is 0 Å². The Morgan fingerprint density at radius 2 is 2.08 bits per heavy atom. The van der Waals surface area contributed by atoms with Gasteiger partial charge in [0.25, 0.3) is 0 Å². The third kappa shape index (κ3) is 3.43. The lowest BCUT2D eigenvalue weighted by Crippen LogP contribution is -2.12. The number of hydrogen-bond donors (Lipinski definition) is 0. The highest BCUT2D eigenvalue weighted by Crippen LogP contribution is 2.16. The van der Waals surface area contributed by atoms with Gasteiger partial charge < -0.3 is 4.43 Å². The average Bonchev–Trinajstić information content (AvgIpc) is 2.21. The Bertz CT molecular complexity index is 250. The van der Waals surface area contributed by atoms with Crippen LogP contribution >= 0.6 is 0 Å². The molecule has 0 aliphatic heterocycles. The Labute approximate surface area is 87.0 Å². The van der Waals surface area contributed by atoms with Gasteiger partial charge in [-0.2, -0.15) is 0 Å². The van der Waals surface area contributed by atoms with E-state index in [0.29, 0.717) is 0 Å². The summed E-state index contributed by atoms with van der Waals surface area (Å²) in [6.45, 7) is 3.81. The molecule has 1 atom stereocenters. The highest BCUT2D eigenvalue weighted by Gasteiger charge is 2.04. The van der Waals surface area contributed by atoms with Crippen molar-refractivity contribution >= 4 is 27.6 Å². The van der Waals surface area contributed by atoms with Crippen molar-refractivity contribution in [3.8, 4) is 0 Å². The first-order chi connectivity index (χ1) is 6.38. The Balaban J connectivity index is 2.61. The lowest BCUT2D eigenvalue weighted by atomic mass is 10.1. The van der Waals surface area contributed by atoms with E-state index >= 15 is 0 Å². The third-order valence-corrected chi connectivity index (χ3v) is 8.45. The van der Waals surface area contributed by atoms with E-state index in [1.165, 1.54) is 15.3 Å². The summed E-state index contributed by atoms with van der Waals surface area (Å²) in [6, 6.07) is 10.3. The predicted octanol–water partition coefficient (Wildman–Crippen LogP) is -0.622.